The summed E-state index contributed by atoms with van der Waals surface area (Å²) in [7, 11) is 1.53. The van der Waals surface area contributed by atoms with Crippen LogP contribution in [0.2, 0.25) is 0 Å². The molecule has 1 aromatic carbocycles. The Labute approximate surface area is 134 Å². The fourth-order valence-electron chi connectivity index (χ4n) is 2.45. The van der Waals surface area contributed by atoms with E-state index in [1.165, 1.54) is 19.2 Å². The third-order valence-electron chi connectivity index (χ3n) is 3.74. The lowest BCUT2D eigenvalue weighted by Crippen LogP contribution is -2.58. The molecule has 0 spiro atoms. The molecule has 6 nitrogen and oxygen atoms in total. The quantitative estimate of drug-likeness (QED) is 0.876. The number of likely N-dealkylation sites (N-methyl/N-ethyl adjacent to an activating group) is 1. The van der Waals surface area contributed by atoms with Crippen LogP contribution in [0.1, 0.15) is 13.3 Å². The van der Waals surface area contributed by atoms with Gasteiger partial charge in [-0.05, 0) is 19.1 Å². The lowest BCUT2D eigenvalue weighted by Gasteiger charge is -2.39. The van der Waals surface area contributed by atoms with Gasteiger partial charge in [0.15, 0.2) is 17.2 Å². The van der Waals surface area contributed by atoms with Gasteiger partial charge in [-0.2, -0.15) is 0 Å². The third kappa shape index (κ3) is 4.19. The number of nitrogens with one attached hydrogen (secondary N) is 1. The van der Waals surface area contributed by atoms with E-state index in [0.717, 1.165) is 0 Å². The van der Waals surface area contributed by atoms with Crippen molar-refractivity contribution in [3.8, 4) is 5.75 Å². The van der Waals surface area contributed by atoms with Crippen LogP contribution < -0.4 is 10.1 Å². The van der Waals surface area contributed by atoms with Gasteiger partial charge in [0.05, 0.1) is 26.2 Å². The Morgan fingerprint density at radius 3 is 2.87 bits per heavy atom. The van der Waals surface area contributed by atoms with Crippen molar-refractivity contribution in [1.82, 2.24) is 10.2 Å². The van der Waals surface area contributed by atoms with Crippen LogP contribution in [-0.4, -0.2) is 55.7 Å². The topological polar surface area (TPSA) is 67.9 Å². The van der Waals surface area contributed by atoms with Gasteiger partial charge in [-0.25, -0.2) is 4.39 Å². The van der Waals surface area contributed by atoms with E-state index in [9.17, 15) is 14.0 Å². The first kappa shape index (κ1) is 17.2. The highest BCUT2D eigenvalue weighted by molar-refractivity contribution is 5.86. The number of benzene rings is 1. The van der Waals surface area contributed by atoms with Crippen LogP contribution in [0.4, 0.5) is 4.39 Å². The summed E-state index contributed by atoms with van der Waals surface area (Å²) < 4.78 is 24.2. The molecule has 1 aliphatic rings. The number of nitrogens with zero attached hydrogens (tertiary/aromatic N) is 1. The fourth-order valence-corrected chi connectivity index (χ4v) is 2.45. The molecular formula is C16H21FN2O4. The van der Waals surface area contributed by atoms with Crippen molar-refractivity contribution < 1.29 is 23.5 Å². The minimum Gasteiger partial charge on any atom is -0.490 e. The van der Waals surface area contributed by atoms with E-state index >= 15 is 0 Å². The van der Waals surface area contributed by atoms with E-state index in [4.69, 9.17) is 9.47 Å². The predicted molar refractivity (Wildman–Crippen MR) is 81.5 cm³/mol. The predicted octanol–water partition coefficient (Wildman–Crippen LogP) is 0.958. The molecule has 1 aliphatic heterocycles. The summed E-state index contributed by atoms with van der Waals surface area (Å²) in [4.78, 5) is 25.7. The molecule has 126 valence electrons. The fraction of sp³-hybridized carbons (Fsp3) is 0.500. The number of hydrogen-bond acceptors (Lipinski definition) is 4. The number of ether oxygens (including phenoxy) is 2. The second-order valence-electron chi connectivity index (χ2n) is 5.50. The summed E-state index contributed by atoms with van der Waals surface area (Å²) in [5, 5.41) is 2.54. The van der Waals surface area contributed by atoms with Gasteiger partial charge < -0.3 is 19.7 Å². The Kier molecular flexibility index (Phi) is 5.54. The van der Waals surface area contributed by atoms with Gasteiger partial charge in [0.25, 0.3) is 5.91 Å². The van der Waals surface area contributed by atoms with Gasteiger partial charge in [-0.15, -0.1) is 0 Å². The Balaban J connectivity index is 1.86. The zero-order valence-corrected chi connectivity index (χ0v) is 13.3. The minimum atomic E-state index is -1.05. The van der Waals surface area contributed by atoms with Crippen LogP contribution in [0.25, 0.3) is 0 Å². The molecule has 0 saturated carbocycles. The largest absolute Gasteiger partial charge is 0.490 e. The highest BCUT2D eigenvalue weighted by atomic mass is 19.1. The number of morpholine rings is 1. The molecule has 1 aromatic rings. The third-order valence-corrected chi connectivity index (χ3v) is 3.74. The molecule has 1 heterocycles. The average molecular weight is 324 g/mol. The molecule has 1 N–H and O–H groups in total. The summed E-state index contributed by atoms with van der Waals surface area (Å²) in [5.41, 5.74) is -1.05. The summed E-state index contributed by atoms with van der Waals surface area (Å²) in [5.74, 6) is -0.756. The molecule has 0 bridgehead atoms. The highest BCUT2D eigenvalue weighted by Crippen LogP contribution is 2.19. The van der Waals surface area contributed by atoms with Gasteiger partial charge >= 0.3 is 0 Å². The summed E-state index contributed by atoms with van der Waals surface area (Å²) in [6, 6.07) is 6.04. The number of carbonyl (C=O) groups excluding carboxylic acids is 2. The number of amides is 2. The Bertz CT molecular complexity index is 581. The van der Waals surface area contributed by atoms with Crippen LogP contribution in [0.5, 0.6) is 5.75 Å². The van der Waals surface area contributed by atoms with Crippen LogP contribution >= 0.6 is 0 Å². The standard InChI is InChI=1S/C16H21FN2O4/c1-16(15(21)18-2)11-19(8-10-23-16)14(20)7-9-22-13-6-4-3-5-12(13)17/h3-6H,7-11H2,1-2H3,(H,18,21). The second-order valence-corrected chi connectivity index (χ2v) is 5.50. The van der Waals surface area contributed by atoms with Crippen molar-refractivity contribution in [3.63, 3.8) is 0 Å². The van der Waals surface area contributed by atoms with Crippen LogP contribution in [0.3, 0.4) is 0 Å². The number of rotatable bonds is 5. The molecule has 2 rings (SSSR count). The zero-order valence-electron chi connectivity index (χ0n) is 13.3. The Morgan fingerprint density at radius 2 is 2.17 bits per heavy atom. The van der Waals surface area contributed by atoms with Crippen molar-refractivity contribution in [2.24, 2.45) is 0 Å². The molecule has 0 radical (unpaired) electrons. The van der Waals surface area contributed by atoms with E-state index in [1.54, 1.807) is 24.0 Å². The maximum Gasteiger partial charge on any atom is 0.253 e. The maximum atomic E-state index is 13.4. The Hall–Kier alpha value is -2.15. The lowest BCUT2D eigenvalue weighted by atomic mass is 10.0. The lowest BCUT2D eigenvalue weighted by molar-refractivity contribution is -0.162. The first-order valence-corrected chi connectivity index (χ1v) is 7.47. The molecule has 0 aromatic heterocycles. The van der Waals surface area contributed by atoms with E-state index in [0.29, 0.717) is 13.2 Å². The molecule has 2 amide bonds. The van der Waals surface area contributed by atoms with Crippen LogP contribution in [0, 0.1) is 5.82 Å². The maximum absolute atomic E-state index is 13.4. The molecule has 7 heteroatoms. The first-order valence-electron chi connectivity index (χ1n) is 7.47. The van der Waals surface area contributed by atoms with Gasteiger partial charge in [0.1, 0.15) is 0 Å². The van der Waals surface area contributed by atoms with Gasteiger partial charge in [-0.3, -0.25) is 9.59 Å². The SMILES string of the molecule is CNC(=O)C1(C)CN(C(=O)CCOc2ccccc2F)CCO1. The summed E-state index contributed by atoms with van der Waals surface area (Å²) in [6.45, 7) is 2.63. The van der Waals surface area contributed by atoms with E-state index in [1.807, 2.05) is 0 Å². The number of hydrogen-bond donors (Lipinski definition) is 1. The normalized spacial score (nSPS) is 20.9. The molecule has 1 atom stereocenters. The van der Waals surface area contributed by atoms with Crippen LogP contribution in [-0.2, 0) is 14.3 Å². The van der Waals surface area contributed by atoms with E-state index < -0.39 is 11.4 Å². The molecule has 1 fully saturated rings. The smallest absolute Gasteiger partial charge is 0.253 e. The highest BCUT2D eigenvalue weighted by Gasteiger charge is 2.39. The van der Waals surface area contributed by atoms with Crippen molar-refractivity contribution in [2.45, 2.75) is 18.9 Å². The molecule has 0 aliphatic carbocycles. The average Bonchev–Trinajstić information content (AvgIpc) is 2.55. The van der Waals surface area contributed by atoms with Crippen molar-refractivity contribution in [3.05, 3.63) is 30.1 Å². The van der Waals surface area contributed by atoms with Crippen molar-refractivity contribution in [1.29, 1.82) is 0 Å². The molecule has 23 heavy (non-hydrogen) atoms. The van der Waals surface area contributed by atoms with Gasteiger partial charge in [-0.1, -0.05) is 12.1 Å². The number of carbonyl (C=O) groups is 2. The van der Waals surface area contributed by atoms with Crippen molar-refractivity contribution >= 4 is 11.8 Å². The Morgan fingerprint density at radius 1 is 1.43 bits per heavy atom. The van der Waals surface area contributed by atoms with E-state index in [2.05, 4.69) is 5.32 Å². The molecule has 1 unspecified atom stereocenters. The number of para-hydroxylation sites is 1. The zero-order chi connectivity index (χ0) is 16.9. The number of halogens is 1. The monoisotopic (exact) mass is 324 g/mol. The second kappa shape index (κ2) is 7.41. The van der Waals surface area contributed by atoms with Crippen LogP contribution in [0.15, 0.2) is 24.3 Å². The minimum absolute atomic E-state index is 0.0772. The van der Waals surface area contributed by atoms with E-state index in [-0.39, 0.29) is 37.1 Å². The van der Waals surface area contributed by atoms with Gasteiger partial charge in [0.2, 0.25) is 5.91 Å². The van der Waals surface area contributed by atoms with Crippen molar-refractivity contribution in [2.75, 3.05) is 33.4 Å². The summed E-state index contributed by atoms with van der Waals surface area (Å²) in [6.07, 6.45) is 0.109. The first-order chi connectivity index (χ1) is 11.0. The summed E-state index contributed by atoms with van der Waals surface area (Å²) >= 11 is 0. The van der Waals surface area contributed by atoms with Gasteiger partial charge in [0, 0.05) is 13.6 Å². The molecular weight excluding hydrogens is 303 g/mol. The molecule has 1 saturated heterocycles.